The average molecular weight is 456 g/mol. The van der Waals surface area contributed by atoms with Gasteiger partial charge in [0.1, 0.15) is 0 Å². The molecule has 1 aliphatic heterocycles. The third-order valence-corrected chi connectivity index (χ3v) is 5.39. The Morgan fingerprint density at radius 3 is 2.72 bits per heavy atom. The van der Waals surface area contributed by atoms with E-state index in [1.54, 1.807) is 7.05 Å². The molecule has 1 amide bonds. The van der Waals surface area contributed by atoms with Crippen LogP contribution < -0.4 is 10.6 Å². The van der Waals surface area contributed by atoms with E-state index < -0.39 is 0 Å². The van der Waals surface area contributed by atoms with Crippen molar-refractivity contribution in [2.45, 2.75) is 39.0 Å². The zero-order valence-corrected chi connectivity index (χ0v) is 17.5. The zero-order chi connectivity index (χ0) is 17.0. The van der Waals surface area contributed by atoms with Gasteiger partial charge in [-0.05, 0) is 48.8 Å². The van der Waals surface area contributed by atoms with Crippen molar-refractivity contribution in [3.05, 3.63) is 29.8 Å². The second-order valence-electron chi connectivity index (χ2n) is 7.03. The summed E-state index contributed by atoms with van der Waals surface area (Å²) in [7, 11) is 1.79. The first-order chi connectivity index (χ1) is 11.6. The molecule has 1 aliphatic carbocycles. The Bertz CT molecular complexity index is 628. The molecule has 6 heteroatoms. The van der Waals surface area contributed by atoms with E-state index in [-0.39, 0.29) is 36.4 Å². The summed E-state index contributed by atoms with van der Waals surface area (Å²) in [5.74, 6) is 0.804. The molecule has 1 spiro atoms. The molecule has 1 heterocycles. The predicted molar refractivity (Wildman–Crippen MR) is 114 cm³/mol. The molecule has 0 unspecified atom stereocenters. The minimum absolute atomic E-state index is 0. The summed E-state index contributed by atoms with van der Waals surface area (Å²) in [6.07, 6.45) is 6.26. The van der Waals surface area contributed by atoms with Gasteiger partial charge in [-0.15, -0.1) is 24.0 Å². The number of nitrogens with one attached hydrogen (secondary N) is 2. The van der Waals surface area contributed by atoms with Gasteiger partial charge in [-0.3, -0.25) is 9.79 Å². The summed E-state index contributed by atoms with van der Waals surface area (Å²) >= 11 is 0. The molecule has 1 aromatic rings. The number of carbonyl (C=O) groups excluding carboxylic acids is 1. The lowest BCUT2D eigenvalue weighted by molar-refractivity contribution is -0.115. The highest BCUT2D eigenvalue weighted by Crippen LogP contribution is 2.47. The van der Waals surface area contributed by atoms with Crippen LogP contribution in [0.4, 0.5) is 5.69 Å². The molecule has 1 saturated heterocycles. The molecule has 2 N–H and O–H groups in total. The minimum Gasteiger partial charge on any atom is -0.347 e. The van der Waals surface area contributed by atoms with Gasteiger partial charge in [-0.1, -0.05) is 25.5 Å². The molecule has 0 radical (unpaired) electrons. The van der Waals surface area contributed by atoms with Gasteiger partial charge in [0.2, 0.25) is 5.91 Å². The lowest BCUT2D eigenvalue weighted by Gasteiger charge is -2.38. The highest BCUT2D eigenvalue weighted by atomic mass is 127. The number of rotatable bonds is 4. The predicted octanol–water partition coefficient (Wildman–Crippen LogP) is 3.26. The van der Waals surface area contributed by atoms with Gasteiger partial charge in [0.25, 0.3) is 0 Å². The van der Waals surface area contributed by atoms with Crippen LogP contribution in [0.2, 0.25) is 0 Å². The topological polar surface area (TPSA) is 56.7 Å². The maximum absolute atomic E-state index is 12.2. The zero-order valence-electron chi connectivity index (χ0n) is 15.2. The van der Waals surface area contributed by atoms with Crippen LogP contribution in [0.15, 0.2) is 29.3 Å². The van der Waals surface area contributed by atoms with Crippen LogP contribution in [0.5, 0.6) is 0 Å². The highest BCUT2D eigenvalue weighted by Gasteiger charge is 2.43. The van der Waals surface area contributed by atoms with E-state index >= 15 is 0 Å². The smallest absolute Gasteiger partial charge is 0.243 e. The molecule has 5 nitrogen and oxygen atoms in total. The van der Waals surface area contributed by atoms with E-state index in [1.807, 2.05) is 18.2 Å². The fraction of sp³-hybridized carbons (Fsp3) is 0.579. The van der Waals surface area contributed by atoms with Gasteiger partial charge >= 0.3 is 0 Å². The van der Waals surface area contributed by atoms with Crippen molar-refractivity contribution >= 4 is 41.5 Å². The summed E-state index contributed by atoms with van der Waals surface area (Å²) in [6.45, 7) is 4.47. The number of carbonyl (C=O) groups is 1. The number of guanidine groups is 1. The summed E-state index contributed by atoms with van der Waals surface area (Å²) < 4.78 is 0. The second-order valence-corrected chi connectivity index (χ2v) is 7.03. The number of halogens is 1. The first kappa shape index (κ1) is 20.0. The number of likely N-dealkylation sites (tertiary alicyclic amines) is 1. The molecule has 0 aromatic heterocycles. The van der Waals surface area contributed by atoms with Crippen molar-refractivity contribution in [2.24, 2.45) is 10.4 Å². The van der Waals surface area contributed by atoms with Crippen LogP contribution in [-0.4, -0.2) is 43.4 Å². The van der Waals surface area contributed by atoms with Crippen LogP contribution in [0.1, 0.15) is 38.2 Å². The van der Waals surface area contributed by atoms with Crippen LogP contribution in [0, 0.1) is 5.41 Å². The SMILES string of the molecule is CCc1cccc(NC(=O)CNC(=NC)N2CCC3(CCC3)C2)c1.I. The summed E-state index contributed by atoms with van der Waals surface area (Å²) in [5.41, 5.74) is 2.60. The van der Waals surface area contributed by atoms with Crippen LogP contribution in [0.25, 0.3) is 0 Å². The maximum atomic E-state index is 12.2. The molecule has 2 fully saturated rings. The summed E-state index contributed by atoms with van der Waals surface area (Å²) in [5, 5.41) is 6.16. The number of nitrogens with zero attached hydrogens (tertiary/aromatic N) is 2. The average Bonchev–Trinajstić information content (AvgIpc) is 3.01. The number of anilines is 1. The third-order valence-electron chi connectivity index (χ3n) is 5.39. The van der Waals surface area contributed by atoms with Crippen LogP contribution in [0.3, 0.4) is 0 Å². The Hall–Kier alpha value is -1.31. The molecular weight excluding hydrogens is 427 g/mol. The fourth-order valence-electron chi connectivity index (χ4n) is 3.77. The Balaban J connectivity index is 0.00000225. The molecule has 25 heavy (non-hydrogen) atoms. The van der Waals surface area contributed by atoms with Crippen molar-refractivity contribution in [3.63, 3.8) is 0 Å². The fourth-order valence-corrected chi connectivity index (χ4v) is 3.77. The number of hydrogen-bond acceptors (Lipinski definition) is 2. The minimum atomic E-state index is -0.0399. The van der Waals surface area contributed by atoms with Gasteiger partial charge < -0.3 is 15.5 Å². The van der Waals surface area contributed by atoms with Gasteiger partial charge in [-0.25, -0.2) is 0 Å². The van der Waals surface area contributed by atoms with Crippen molar-refractivity contribution in [2.75, 3.05) is 32.0 Å². The standard InChI is InChI=1S/C19H28N4O.HI/c1-3-15-6-4-7-16(12-15)22-17(24)13-21-18(20-2)23-11-10-19(14-23)8-5-9-19;/h4,6-7,12H,3,5,8-11,13-14H2,1-2H3,(H,20,21)(H,22,24);1H. The summed E-state index contributed by atoms with van der Waals surface area (Å²) in [4.78, 5) is 18.8. The van der Waals surface area contributed by atoms with Crippen LogP contribution in [-0.2, 0) is 11.2 Å². The molecular formula is C19H29IN4O. The van der Waals surface area contributed by atoms with Gasteiger partial charge in [0.15, 0.2) is 5.96 Å². The molecule has 1 saturated carbocycles. The van der Waals surface area contributed by atoms with Crippen molar-refractivity contribution in [3.8, 4) is 0 Å². The molecule has 0 atom stereocenters. The van der Waals surface area contributed by atoms with E-state index in [0.29, 0.717) is 5.41 Å². The van der Waals surface area contributed by atoms with Crippen molar-refractivity contribution < 1.29 is 4.79 Å². The highest BCUT2D eigenvalue weighted by molar-refractivity contribution is 14.0. The lowest BCUT2D eigenvalue weighted by Crippen LogP contribution is -2.44. The van der Waals surface area contributed by atoms with E-state index in [0.717, 1.165) is 31.2 Å². The monoisotopic (exact) mass is 456 g/mol. The van der Waals surface area contributed by atoms with Gasteiger partial charge in [0, 0.05) is 25.8 Å². The van der Waals surface area contributed by atoms with E-state index in [1.165, 1.54) is 31.2 Å². The Labute approximate surface area is 167 Å². The Morgan fingerprint density at radius 2 is 2.12 bits per heavy atom. The molecule has 138 valence electrons. The molecule has 2 aliphatic rings. The van der Waals surface area contributed by atoms with Gasteiger partial charge in [0.05, 0.1) is 6.54 Å². The maximum Gasteiger partial charge on any atom is 0.243 e. The summed E-state index contributed by atoms with van der Waals surface area (Å²) in [6, 6.07) is 7.99. The van der Waals surface area contributed by atoms with Crippen molar-refractivity contribution in [1.29, 1.82) is 0 Å². The molecule has 3 rings (SSSR count). The largest absolute Gasteiger partial charge is 0.347 e. The first-order valence-corrected chi connectivity index (χ1v) is 8.98. The molecule has 1 aromatic carbocycles. The Kier molecular flexibility index (Phi) is 7.10. The lowest BCUT2D eigenvalue weighted by atomic mass is 9.68. The quantitative estimate of drug-likeness (QED) is 0.416. The van der Waals surface area contributed by atoms with E-state index in [2.05, 4.69) is 33.5 Å². The number of hydrogen-bond donors (Lipinski definition) is 2. The number of benzene rings is 1. The van der Waals surface area contributed by atoms with Crippen LogP contribution >= 0.6 is 24.0 Å². The number of aliphatic imine (C=N–C) groups is 1. The number of amides is 1. The molecule has 0 bridgehead atoms. The van der Waals surface area contributed by atoms with Gasteiger partial charge in [-0.2, -0.15) is 0 Å². The first-order valence-electron chi connectivity index (χ1n) is 8.98. The van der Waals surface area contributed by atoms with E-state index in [9.17, 15) is 4.79 Å². The normalized spacial score (nSPS) is 18.5. The van der Waals surface area contributed by atoms with Crippen molar-refractivity contribution in [1.82, 2.24) is 10.2 Å². The third kappa shape index (κ3) is 4.86. The second kappa shape index (κ2) is 8.87. The number of aryl methyl sites for hydroxylation is 1. The van der Waals surface area contributed by atoms with E-state index in [4.69, 9.17) is 0 Å². The Morgan fingerprint density at radius 1 is 1.32 bits per heavy atom.